The summed E-state index contributed by atoms with van der Waals surface area (Å²) in [7, 11) is -2.31. The number of ether oxygens (including phenoxy) is 3. The monoisotopic (exact) mass is 849 g/mol. The maximum Gasteiger partial charge on any atom is 0.312 e. The number of nitrogens with zero attached hydrogens (tertiary/aromatic N) is 3. The molecule has 0 spiro atoms. The number of amides is 3. The number of methoxy groups -OCH3 is 1. The minimum atomic E-state index is -3.91. The molecule has 2 N–H and O–H groups in total. The molecule has 4 heterocycles. The van der Waals surface area contributed by atoms with Crippen molar-refractivity contribution < 1.29 is 41.8 Å². The molecule has 2 aliphatic carbocycles. The van der Waals surface area contributed by atoms with Gasteiger partial charge in [0.1, 0.15) is 39.9 Å². The number of aromatic nitrogens is 2. The van der Waals surface area contributed by atoms with E-state index in [2.05, 4.69) is 23.9 Å². The third-order valence-corrected chi connectivity index (χ3v) is 14.4. The highest BCUT2D eigenvalue weighted by Crippen LogP contribution is 2.46. The zero-order valence-electron chi connectivity index (χ0n) is 34.8. The van der Waals surface area contributed by atoms with Gasteiger partial charge in [-0.1, -0.05) is 32.4 Å². The summed E-state index contributed by atoms with van der Waals surface area (Å²) in [6.45, 7) is 11.2. The molecule has 14 nitrogen and oxygen atoms in total. The van der Waals surface area contributed by atoms with Crippen LogP contribution in [0.1, 0.15) is 110 Å². The Bertz CT molecular complexity index is 2280. The van der Waals surface area contributed by atoms with Crippen molar-refractivity contribution in [1.29, 1.82) is 0 Å². The Morgan fingerprint density at radius 2 is 1.83 bits per heavy atom. The van der Waals surface area contributed by atoms with E-state index in [4.69, 9.17) is 24.2 Å². The first-order chi connectivity index (χ1) is 27.9. The van der Waals surface area contributed by atoms with E-state index in [0.29, 0.717) is 58.8 Å². The SMILES string of the molecule is COc1ccc2c(O[C@H]3C[C@H]4C(=O)N[C@@]5(C(=O)NS(=O)(=O)C6CC6)CC5/C=C\CCCCCC(OC(=O)C(C)(C)C)C(=O)N4C3)cc(-c3nc(C(C)C)cs3)nc2c1C. The number of benzene rings is 1. The summed E-state index contributed by atoms with van der Waals surface area (Å²) in [6.07, 6.45) is 6.23. The van der Waals surface area contributed by atoms with Gasteiger partial charge in [0, 0.05) is 34.7 Å². The highest BCUT2D eigenvalue weighted by atomic mass is 32.2. The molecule has 2 aromatic heterocycles. The van der Waals surface area contributed by atoms with Crippen molar-refractivity contribution in [2.24, 2.45) is 11.3 Å². The van der Waals surface area contributed by atoms with Crippen molar-refractivity contribution in [1.82, 2.24) is 24.9 Å². The van der Waals surface area contributed by atoms with E-state index in [1.54, 1.807) is 27.9 Å². The first kappa shape index (κ1) is 42.6. The van der Waals surface area contributed by atoms with Crippen LogP contribution in [0.3, 0.4) is 0 Å². The molecule has 2 aliphatic heterocycles. The molecule has 16 heteroatoms. The summed E-state index contributed by atoms with van der Waals surface area (Å²) in [5.41, 5.74) is 0.583. The number of fused-ring (bicyclic) bond motifs is 3. The smallest absolute Gasteiger partial charge is 0.312 e. The summed E-state index contributed by atoms with van der Waals surface area (Å²) < 4.78 is 46.5. The zero-order valence-corrected chi connectivity index (χ0v) is 36.5. The van der Waals surface area contributed by atoms with Gasteiger partial charge in [-0.3, -0.25) is 23.9 Å². The van der Waals surface area contributed by atoms with Gasteiger partial charge in [-0.25, -0.2) is 18.4 Å². The summed E-state index contributed by atoms with van der Waals surface area (Å²) in [6, 6.07) is 4.39. The minimum absolute atomic E-state index is 0.0257. The topological polar surface area (TPSA) is 183 Å². The average Bonchev–Trinajstić information content (AvgIpc) is 4.05. The molecule has 3 aromatic rings. The van der Waals surface area contributed by atoms with Gasteiger partial charge in [-0.05, 0) is 90.7 Å². The van der Waals surface area contributed by atoms with E-state index in [0.717, 1.165) is 24.1 Å². The van der Waals surface area contributed by atoms with Gasteiger partial charge in [0.05, 0.1) is 35.5 Å². The van der Waals surface area contributed by atoms with Crippen LogP contribution in [0.4, 0.5) is 0 Å². The summed E-state index contributed by atoms with van der Waals surface area (Å²) in [5.74, 6) is -1.59. The zero-order chi connectivity index (χ0) is 42.4. The lowest BCUT2D eigenvalue weighted by atomic mass is 9.97. The molecule has 1 aromatic carbocycles. The number of pyridine rings is 1. The molecular weight excluding hydrogens is 795 g/mol. The number of hydrogen-bond acceptors (Lipinski definition) is 12. The Morgan fingerprint density at radius 1 is 1.07 bits per heavy atom. The van der Waals surface area contributed by atoms with Crippen molar-refractivity contribution in [2.45, 2.75) is 134 Å². The van der Waals surface area contributed by atoms with E-state index >= 15 is 0 Å². The first-order valence-corrected chi connectivity index (χ1v) is 23.0. The van der Waals surface area contributed by atoms with Gasteiger partial charge in [0.2, 0.25) is 15.9 Å². The number of carbonyl (C=O) groups is 4. The minimum Gasteiger partial charge on any atom is -0.496 e. The molecule has 1 saturated heterocycles. The fourth-order valence-electron chi connectivity index (χ4n) is 7.75. The molecule has 5 atom stereocenters. The van der Waals surface area contributed by atoms with E-state index in [1.807, 2.05) is 42.7 Å². The number of thiazole rings is 1. The molecule has 318 valence electrons. The van der Waals surface area contributed by atoms with Gasteiger partial charge in [-0.2, -0.15) is 0 Å². The third kappa shape index (κ3) is 8.98. The van der Waals surface area contributed by atoms with Crippen LogP contribution in [0.5, 0.6) is 11.5 Å². The van der Waals surface area contributed by atoms with Gasteiger partial charge in [-0.15, -0.1) is 11.3 Å². The molecule has 2 saturated carbocycles. The molecule has 2 unspecified atom stereocenters. The highest BCUT2D eigenvalue weighted by molar-refractivity contribution is 7.91. The number of esters is 1. The molecule has 3 amide bonds. The van der Waals surface area contributed by atoms with Crippen molar-refractivity contribution >= 4 is 56.0 Å². The third-order valence-electron chi connectivity index (χ3n) is 11.6. The van der Waals surface area contributed by atoms with Crippen LogP contribution >= 0.6 is 11.3 Å². The predicted molar refractivity (Wildman–Crippen MR) is 223 cm³/mol. The molecule has 0 radical (unpaired) electrons. The first-order valence-electron chi connectivity index (χ1n) is 20.6. The Balaban J connectivity index is 1.25. The number of aryl methyl sites for hydroxylation is 1. The van der Waals surface area contributed by atoms with Crippen LogP contribution in [0.25, 0.3) is 21.6 Å². The maximum absolute atomic E-state index is 14.7. The van der Waals surface area contributed by atoms with Crippen LogP contribution < -0.4 is 19.5 Å². The van der Waals surface area contributed by atoms with Gasteiger partial charge >= 0.3 is 5.97 Å². The van der Waals surface area contributed by atoms with Crippen LogP contribution in [-0.4, -0.2) is 89.7 Å². The quantitative estimate of drug-likeness (QED) is 0.187. The number of hydrogen-bond donors (Lipinski definition) is 2. The second-order valence-corrected chi connectivity index (χ2v) is 20.5. The van der Waals surface area contributed by atoms with Crippen LogP contribution in [0.15, 0.2) is 35.7 Å². The van der Waals surface area contributed by atoms with Crippen molar-refractivity contribution in [2.75, 3.05) is 13.7 Å². The van der Waals surface area contributed by atoms with Crippen molar-refractivity contribution in [3.05, 3.63) is 47.0 Å². The second kappa shape index (κ2) is 16.5. The van der Waals surface area contributed by atoms with Crippen LogP contribution in [-0.2, 0) is 33.9 Å². The number of allylic oxidation sites excluding steroid dienone is 1. The van der Waals surface area contributed by atoms with Gasteiger partial charge in [0.15, 0.2) is 6.10 Å². The number of rotatable bonds is 9. The van der Waals surface area contributed by atoms with Crippen LogP contribution in [0.2, 0.25) is 0 Å². The summed E-state index contributed by atoms with van der Waals surface area (Å²) >= 11 is 1.48. The molecule has 4 aliphatic rings. The van der Waals surface area contributed by atoms with E-state index < -0.39 is 74.1 Å². The predicted octanol–water partition coefficient (Wildman–Crippen LogP) is 6.11. The lowest BCUT2D eigenvalue weighted by Gasteiger charge is -2.30. The summed E-state index contributed by atoms with van der Waals surface area (Å²) in [5, 5.41) is 5.69. The number of nitrogens with one attached hydrogen (secondary N) is 2. The molecule has 59 heavy (non-hydrogen) atoms. The lowest BCUT2D eigenvalue weighted by Crippen LogP contribution is -2.57. The summed E-state index contributed by atoms with van der Waals surface area (Å²) in [4.78, 5) is 67.6. The van der Waals surface area contributed by atoms with Gasteiger partial charge < -0.3 is 24.4 Å². The number of sulfonamides is 1. The Kier molecular flexibility index (Phi) is 11.9. The molecule has 0 bridgehead atoms. The van der Waals surface area contributed by atoms with Crippen molar-refractivity contribution in [3.63, 3.8) is 0 Å². The van der Waals surface area contributed by atoms with E-state index in [1.165, 1.54) is 16.2 Å². The largest absolute Gasteiger partial charge is 0.496 e. The molecular formula is C43H55N5O9S2. The van der Waals surface area contributed by atoms with Gasteiger partial charge in [0.25, 0.3) is 11.8 Å². The Hall–Kier alpha value is -4.57. The highest BCUT2D eigenvalue weighted by Gasteiger charge is 2.62. The maximum atomic E-state index is 14.7. The van der Waals surface area contributed by atoms with E-state index in [9.17, 15) is 27.6 Å². The molecule has 3 fully saturated rings. The fourth-order valence-corrected chi connectivity index (χ4v) is 10.1. The normalized spacial score (nSPS) is 25.9. The number of carbonyl (C=O) groups excluding carboxylic acids is 4. The molecule has 7 rings (SSSR count). The Labute approximate surface area is 349 Å². The van der Waals surface area contributed by atoms with Crippen LogP contribution in [0, 0.1) is 18.3 Å². The average molecular weight is 850 g/mol. The fraction of sp³-hybridized carbons (Fsp3) is 0.581. The van der Waals surface area contributed by atoms with E-state index in [-0.39, 0.29) is 31.7 Å². The van der Waals surface area contributed by atoms with Crippen molar-refractivity contribution in [3.8, 4) is 22.2 Å². The standard InChI is InChI=1S/C43H55N5O9S2/c1-24(2)31-23-58-38(45-31)30-20-35(29-17-18-33(55-7)25(3)36(29)44-30)56-27-19-32-37(49)46-43(40(51)47-59(53,54)28-15-16-28)21-26(43)13-11-9-8-10-12-14-34(39(50)48(32)22-27)57-41(52)42(4,5)6/h11,13,17-18,20,23-24,26-28,32,34H,8-10,12,14-16,19,21-22H2,1-7H3,(H,46,49)(H,47,51)/b13-11-/t26?,27-,32-,34?,43-/m0/s1. The Morgan fingerprint density at radius 3 is 2.51 bits per heavy atom. The lowest BCUT2D eigenvalue weighted by molar-refractivity contribution is -0.168. The second-order valence-electron chi connectivity index (χ2n) is 17.7.